The molecule has 0 bridgehead atoms. The summed E-state index contributed by atoms with van der Waals surface area (Å²) in [7, 11) is 0. The van der Waals surface area contributed by atoms with E-state index in [2.05, 4.69) is 10.6 Å². The minimum absolute atomic E-state index is 0.0200. The number of amides is 3. The van der Waals surface area contributed by atoms with Crippen LogP contribution >= 0.6 is 11.8 Å². The van der Waals surface area contributed by atoms with E-state index >= 15 is 0 Å². The minimum atomic E-state index is -0.545. The van der Waals surface area contributed by atoms with Crippen molar-refractivity contribution in [3.8, 4) is 0 Å². The summed E-state index contributed by atoms with van der Waals surface area (Å²) in [6.07, 6.45) is 0.879. The van der Waals surface area contributed by atoms with Gasteiger partial charge >= 0.3 is 6.09 Å². The van der Waals surface area contributed by atoms with Crippen LogP contribution in [0.2, 0.25) is 0 Å². The number of carbonyl (C=O) groups excluding carboxylic acids is 3. The third-order valence-electron chi connectivity index (χ3n) is 4.47. The number of likely N-dealkylation sites (tertiary alicyclic amines) is 1. The molecule has 1 fully saturated rings. The third kappa shape index (κ3) is 8.22. The molecule has 1 atom stereocenters. The summed E-state index contributed by atoms with van der Waals surface area (Å²) in [4.78, 5) is 38.3. The quantitative estimate of drug-likeness (QED) is 0.709. The van der Waals surface area contributed by atoms with Gasteiger partial charge in [0.25, 0.3) is 0 Å². The summed E-state index contributed by atoms with van der Waals surface area (Å²) < 4.78 is 18.2. The van der Waals surface area contributed by atoms with Gasteiger partial charge in [0, 0.05) is 24.8 Å². The molecule has 1 unspecified atom stereocenters. The van der Waals surface area contributed by atoms with Gasteiger partial charge in [-0.15, -0.1) is 11.8 Å². The maximum Gasteiger partial charge on any atom is 0.407 e. The highest BCUT2D eigenvalue weighted by atomic mass is 32.2. The minimum Gasteiger partial charge on any atom is -0.444 e. The number of nitrogens with one attached hydrogen (secondary N) is 2. The molecule has 3 amide bonds. The first-order chi connectivity index (χ1) is 14.0. The molecule has 1 aromatic carbocycles. The van der Waals surface area contributed by atoms with Crippen LogP contribution in [0, 0.1) is 5.82 Å². The number of thioether (sulfide) groups is 1. The molecule has 0 saturated carbocycles. The van der Waals surface area contributed by atoms with Gasteiger partial charge in [0.1, 0.15) is 11.4 Å². The highest BCUT2D eigenvalue weighted by molar-refractivity contribution is 8.01. The Kier molecular flexibility index (Phi) is 8.52. The van der Waals surface area contributed by atoms with Crippen LogP contribution in [0.5, 0.6) is 0 Å². The summed E-state index contributed by atoms with van der Waals surface area (Å²) in [5.74, 6) is -0.510. The van der Waals surface area contributed by atoms with Crippen LogP contribution < -0.4 is 10.6 Å². The average Bonchev–Trinajstić information content (AvgIpc) is 2.66. The van der Waals surface area contributed by atoms with Crippen LogP contribution in [-0.2, 0) is 14.3 Å². The lowest BCUT2D eigenvalue weighted by Gasteiger charge is -2.34. The molecule has 166 valence electrons. The Morgan fingerprint density at radius 3 is 2.37 bits per heavy atom. The van der Waals surface area contributed by atoms with E-state index in [1.165, 1.54) is 36.0 Å². The number of piperidine rings is 1. The highest BCUT2D eigenvalue weighted by Gasteiger charge is 2.28. The second-order valence-corrected chi connectivity index (χ2v) is 9.58. The van der Waals surface area contributed by atoms with Crippen molar-refractivity contribution >= 4 is 35.4 Å². The van der Waals surface area contributed by atoms with E-state index < -0.39 is 11.7 Å². The van der Waals surface area contributed by atoms with E-state index in [1.54, 1.807) is 11.8 Å². The molecule has 1 heterocycles. The van der Waals surface area contributed by atoms with Gasteiger partial charge in [-0.3, -0.25) is 9.59 Å². The lowest BCUT2D eigenvalue weighted by Crippen LogP contribution is -2.49. The fraction of sp³-hybridized carbons (Fsp3) is 0.571. The van der Waals surface area contributed by atoms with Gasteiger partial charge in [0.2, 0.25) is 11.8 Å². The molecule has 0 radical (unpaired) electrons. The second kappa shape index (κ2) is 10.7. The molecule has 2 rings (SSSR count). The number of ether oxygens (including phenoxy) is 1. The molecule has 7 nitrogen and oxygen atoms in total. The van der Waals surface area contributed by atoms with Crippen LogP contribution in [-0.4, -0.2) is 58.5 Å². The van der Waals surface area contributed by atoms with E-state index in [9.17, 15) is 18.8 Å². The number of hydrogen-bond acceptors (Lipinski definition) is 5. The first-order valence-corrected chi connectivity index (χ1v) is 11.0. The lowest BCUT2D eigenvalue weighted by molar-refractivity contribution is -0.131. The smallest absolute Gasteiger partial charge is 0.407 e. The molecular weight excluding hydrogens is 409 g/mol. The topological polar surface area (TPSA) is 87.7 Å². The Hall–Kier alpha value is -2.29. The van der Waals surface area contributed by atoms with Gasteiger partial charge in [-0.1, -0.05) is 0 Å². The Bertz CT molecular complexity index is 744. The molecule has 1 saturated heterocycles. The molecular formula is C21H30FN3O4S. The molecule has 1 aromatic rings. The summed E-state index contributed by atoms with van der Waals surface area (Å²) >= 11 is 1.26. The van der Waals surface area contributed by atoms with Crippen LogP contribution in [0.15, 0.2) is 24.3 Å². The van der Waals surface area contributed by atoms with Crippen molar-refractivity contribution in [2.45, 2.75) is 57.4 Å². The number of carbonyl (C=O) groups is 3. The molecule has 2 N–H and O–H groups in total. The lowest BCUT2D eigenvalue weighted by atomic mass is 10.0. The van der Waals surface area contributed by atoms with E-state index in [0.717, 1.165) is 0 Å². The van der Waals surface area contributed by atoms with Crippen molar-refractivity contribution < 1.29 is 23.5 Å². The summed E-state index contributed by atoms with van der Waals surface area (Å²) in [6.45, 7) is 8.31. The van der Waals surface area contributed by atoms with Gasteiger partial charge in [-0.25, -0.2) is 9.18 Å². The predicted octanol–water partition coefficient (Wildman–Crippen LogP) is 3.40. The summed E-state index contributed by atoms with van der Waals surface area (Å²) in [5, 5.41) is 5.17. The number of hydrogen-bond donors (Lipinski definition) is 2. The normalized spacial score (nSPS) is 16.0. The fourth-order valence-electron chi connectivity index (χ4n) is 2.98. The number of nitrogens with zero attached hydrogens (tertiary/aromatic N) is 1. The summed E-state index contributed by atoms with van der Waals surface area (Å²) in [5.41, 5.74) is -0.0309. The highest BCUT2D eigenvalue weighted by Crippen LogP contribution is 2.19. The Morgan fingerprint density at radius 2 is 1.80 bits per heavy atom. The van der Waals surface area contributed by atoms with Crippen molar-refractivity contribution in [1.29, 1.82) is 0 Å². The Labute approximate surface area is 181 Å². The number of rotatable bonds is 6. The van der Waals surface area contributed by atoms with Crippen molar-refractivity contribution in [1.82, 2.24) is 10.2 Å². The predicted molar refractivity (Wildman–Crippen MR) is 116 cm³/mol. The van der Waals surface area contributed by atoms with Gasteiger partial charge < -0.3 is 20.3 Å². The number of halogens is 1. The average molecular weight is 440 g/mol. The standard InChI is InChI=1S/C21H30FN3O4S/c1-14(30-13-18(26)23-16-7-5-15(22)6-8-16)19(27)25-11-9-17(10-12-25)24-20(28)29-21(2,3)4/h5-8,14,17H,9-13H2,1-4H3,(H,23,26)(H,24,28). The Morgan fingerprint density at radius 1 is 1.20 bits per heavy atom. The zero-order valence-corrected chi connectivity index (χ0v) is 18.7. The number of anilines is 1. The zero-order chi connectivity index (χ0) is 22.3. The molecule has 30 heavy (non-hydrogen) atoms. The maximum absolute atomic E-state index is 12.9. The van der Waals surface area contributed by atoms with E-state index in [0.29, 0.717) is 31.6 Å². The van der Waals surface area contributed by atoms with E-state index in [1.807, 2.05) is 20.8 Å². The van der Waals surface area contributed by atoms with Crippen LogP contribution in [0.3, 0.4) is 0 Å². The second-order valence-electron chi connectivity index (χ2n) is 8.25. The van der Waals surface area contributed by atoms with Crippen molar-refractivity contribution in [2.75, 3.05) is 24.2 Å². The van der Waals surface area contributed by atoms with E-state index in [-0.39, 0.29) is 34.7 Å². The number of alkyl carbamates (subject to hydrolysis) is 1. The molecule has 0 spiro atoms. The first kappa shape index (κ1) is 24.0. The van der Waals surface area contributed by atoms with Gasteiger partial charge in [0.15, 0.2) is 0 Å². The zero-order valence-electron chi connectivity index (χ0n) is 17.9. The fourth-order valence-corrected chi connectivity index (χ4v) is 3.74. The SMILES string of the molecule is CC(SCC(=O)Nc1ccc(F)cc1)C(=O)N1CCC(NC(=O)OC(C)(C)C)CC1. The van der Waals surface area contributed by atoms with Gasteiger partial charge in [0.05, 0.1) is 11.0 Å². The molecule has 1 aliphatic rings. The Balaban J connectivity index is 1.70. The van der Waals surface area contributed by atoms with Gasteiger partial charge in [-0.05, 0) is 64.8 Å². The molecule has 0 aromatic heterocycles. The largest absolute Gasteiger partial charge is 0.444 e. The van der Waals surface area contributed by atoms with Crippen LogP contribution in [0.4, 0.5) is 14.9 Å². The molecule has 1 aliphatic heterocycles. The molecule has 0 aliphatic carbocycles. The third-order valence-corrected chi connectivity index (χ3v) is 5.60. The van der Waals surface area contributed by atoms with Crippen molar-refractivity contribution in [3.05, 3.63) is 30.1 Å². The van der Waals surface area contributed by atoms with Crippen LogP contribution in [0.1, 0.15) is 40.5 Å². The number of benzene rings is 1. The van der Waals surface area contributed by atoms with Crippen LogP contribution in [0.25, 0.3) is 0 Å². The van der Waals surface area contributed by atoms with Gasteiger partial charge in [-0.2, -0.15) is 0 Å². The monoisotopic (exact) mass is 439 g/mol. The van der Waals surface area contributed by atoms with E-state index in [4.69, 9.17) is 4.74 Å². The molecule has 9 heteroatoms. The maximum atomic E-state index is 12.9. The summed E-state index contributed by atoms with van der Waals surface area (Å²) in [6, 6.07) is 5.50. The first-order valence-electron chi connectivity index (χ1n) is 9.99. The van der Waals surface area contributed by atoms with Crippen molar-refractivity contribution in [3.63, 3.8) is 0 Å². The van der Waals surface area contributed by atoms with Crippen molar-refractivity contribution in [2.24, 2.45) is 0 Å².